The van der Waals surface area contributed by atoms with Crippen LogP contribution in [0.15, 0.2) is 47.3 Å². The largest absolute Gasteiger partial charge is 0.493 e. The van der Waals surface area contributed by atoms with Crippen LogP contribution in [0.5, 0.6) is 5.75 Å². The minimum atomic E-state index is -4.57. The monoisotopic (exact) mass is 598 g/mol. The van der Waals surface area contributed by atoms with Gasteiger partial charge in [-0.3, -0.25) is 9.59 Å². The number of nitrogens with zero attached hydrogens (tertiary/aromatic N) is 4. The maximum Gasteiger partial charge on any atom is 0.416 e. The second-order valence-electron chi connectivity index (χ2n) is 10.1. The maximum absolute atomic E-state index is 13.9. The van der Waals surface area contributed by atoms with Crippen LogP contribution in [0.25, 0.3) is 22.7 Å². The Bertz CT molecular complexity index is 1810. The van der Waals surface area contributed by atoms with Gasteiger partial charge in [0.1, 0.15) is 12.3 Å². The Hall–Kier alpha value is -4.16. The number of halogens is 4. The molecule has 2 aliphatic rings. The number of nitrogens with one attached hydrogen (secondary N) is 2. The quantitative estimate of drug-likeness (QED) is 0.332. The summed E-state index contributed by atoms with van der Waals surface area (Å²) in [6.07, 6.45) is -0.828. The van der Waals surface area contributed by atoms with Crippen molar-refractivity contribution in [2.24, 2.45) is 0 Å². The first-order valence-corrected chi connectivity index (χ1v) is 13.9. The van der Waals surface area contributed by atoms with Gasteiger partial charge in [0.05, 0.1) is 28.4 Å². The van der Waals surface area contributed by atoms with E-state index >= 15 is 0 Å². The average Bonchev–Trinajstić information content (AvgIpc) is 3.63. The molecular formula is C29H26ClF3N6O3. The van der Waals surface area contributed by atoms with E-state index in [4.69, 9.17) is 21.3 Å². The number of anilines is 1. The molecule has 0 bridgehead atoms. The minimum Gasteiger partial charge on any atom is -0.493 e. The molecule has 0 atom stereocenters. The summed E-state index contributed by atoms with van der Waals surface area (Å²) in [5.74, 6) is 0.742. The topological polar surface area (TPSA) is 103 Å². The Morgan fingerprint density at radius 3 is 2.74 bits per heavy atom. The number of alkyl halides is 3. The molecule has 4 aromatic rings. The highest BCUT2D eigenvalue weighted by atomic mass is 35.5. The molecule has 0 saturated carbocycles. The summed E-state index contributed by atoms with van der Waals surface area (Å²) in [4.78, 5) is 31.9. The third-order valence-electron chi connectivity index (χ3n) is 7.39. The molecule has 0 aliphatic carbocycles. The van der Waals surface area contributed by atoms with Crippen LogP contribution in [-0.2, 0) is 30.4 Å². The van der Waals surface area contributed by atoms with E-state index in [1.807, 2.05) is 31.2 Å². The zero-order chi connectivity index (χ0) is 29.6. The first kappa shape index (κ1) is 28.0. The highest BCUT2D eigenvalue weighted by molar-refractivity contribution is 6.33. The van der Waals surface area contributed by atoms with Crippen molar-refractivity contribution >= 4 is 34.5 Å². The summed E-state index contributed by atoms with van der Waals surface area (Å²) in [7, 11) is 0. The fourth-order valence-electron chi connectivity index (χ4n) is 5.38. The maximum atomic E-state index is 13.9. The van der Waals surface area contributed by atoms with Crippen molar-refractivity contribution in [3.8, 4) is 17.1 Å². The van der Waals surface area contributed by atoms with E-state index in [2.05, 4.69) is 15.7 Å². The van der Waals surface area contributed by atoms with Gasteiger partial charge in [0.15, 0.2) is 5.82 Å². The number of rotatable bonds is 6. The van der Waals surface area contributed by atoms with Gasteiger partial charge >= 0.3 is 6.18 Å². The molecule has 0 spiro atoms. The van der Waals surface area contributed by atoms with E-state index in [9.17, 15) is 22.8 Å². The van der Waals surface area contributed by atoms with Crippen LogP contribution in [0.4, 0.5) is 18.9 Å². The van der Waals surface area contributed by atoms with Gasteiger partial charge in [-0.2, -0.15) is 22.7 Å². The number of hydrogen-bond acceptors (Lipinski definition) is 6. The summed E-state index contributed by atoms with van der Waals surface area (Å²) < 4.78 is 47.7. The molecule has 0 radical (unpaired) electrons. The lowest BCUT2D eigenvalue weighted by Crippen LogP contribution is -2.31. The van der Waals surface area contributed by atoms with Gasteiger partial charge in [0, 0.05) is 24.2 Å². The molecule has 1 amide bonds. The second-order valence-corrected chi connectivity index (χ2v) is 10.5. The van der Waals surface area contributed by atoms with E-state index in [-0.39, 0.29) is 28.6 Å². The molecular weight excluding hydrogens is 573 g/mol. The van der Waals surface area contributed by atoms with Crippen LogP contribution in [0, 0.1) is 0 Å². The second kappa shape index (κ2) is 10.9. The first-order chi connectivity index (χ1) is 20.1. The molecule has 9 nitrogen and oxygen atoms in total. The van der Waals surface area contributed by atoms with Gasteiger partial charge < -0.3 is 19.9 Å². The standard InChI is InChI=1S/C29H26ClF3N6O3/c1-2-22-25(16-7-10-34-11-8-16)27(41)39-28(36-26(37-39)18-3-6-23-17(13-18)9-12-42-23)38(22)15-24(40)35-21-5-4-19(14-20(21)30)29(31,32)33/h3-7,13-14,34H,2,8-12,15H2,1H3,(H,35,40). The summed E-state index contributed by atoms with van der Waals surface area (Å²) in [6.45, 7) is 3.49. The lowest BCUT2D eigenvalue weighted by molar-refractivity contribution is -0.137. The molecule has 0 unspecified atom stereocenters. The zero-order valence-corrected chi connectivity index (χ0v) is 23.3. The van der Waals surface area contributed by atoms with Crippen LogP contribution in [-0.4, -0.2) is 44.8 Å². The normalized spacial score (nSPS) is 14.9. The van der Waals surface area contributed by atoms with Gasteiger partial charge in [-0.25, -0.2) is 0 Å². The van der Waals surface area contributed by atoms with E-state index in [1.165, 1.54) is 4.52 Å². The fraction of sp³-hybridized carbons (Fsp3) is 0.310. The van der Waals surface area contributed by atoms with Crippen molar-refractivity contribution in [2.45, 2.75) is 38.9 Å². The average molecular weight is 599 g/mol. The number of aromatic nitrogens is 4. The van der Waals surface area contributed by atoms with Gasteiger partial charge in [-0.1, -0.05) is 24.6 Å². The summed E-state index contributed by atoms with van der Waals surface area (Å²) in [5.41, 5.74) is 2.43. The molecule has 2 aliphatic heterocycles. The predicted octanol–water partition coefficient (Wildman–Crippen LogP) is 4.74. The van der Waals surface area contributed by atoms with E-state index in [0.29, 0.717) is 55.2 Å². The van der Waals surface area contributed by atoms with E-state index in [0.717, 1.165) is 41.5 Å². The van der Waals surface area contributed by atoms with Crippen LogP contribution >= 0.6 is 11.6 Å². The van der Waals surface area contributed by atoms with Gasteiger partial charge in [0.25, 0.3) is 5.56 Å². The smallest absolute Gasteiger partial charge is 0.416 e. The number of carbonyl (C=O) groups excluding carboxylic acids is 1. The molecule has 4 heterocycles. The molecule has 13 heteroatoms. The Labute approximate surface area is 243 Å². The summed E-state index contributed by atoms with van der Waals surface area (Å²) in [5, 5.41) is 10.2. The van der Waals surface area contributed by atoms with Gasteiger partial charge in [-0.15, -0.1) is 5.10 Å². The third-order valence-corrected chi connectivity index (χ3v) is 7.70. The number of benzene rings is 2. The zero-order valence-electron chi connectivity index (χ0n) is 22.5. The van der Waals surface area contributed by atoms with E-state index < -0.39 is 17.6 Å². The van der Waals surface area contributed by atoms with Crippen LogP contribution in [0.1, 0.15) is 35.7 Å². The van der Waals surface area contributed by atoms with Crippen molar-refractivity contribution in [3.05, 3.63) is 80.2 Å². The number of carbonyl (C=O) groups is 1. The Morgan fingerprint density at radius 2 is 2.02 bits per heavy atom. The Kier molecular flexibility index (Phi) is 7.27. The number of amides is 1. The van der Waals surface area contributed by atoms with Crippen molar-refractivity contribution in [1.29, 1.82) is 0 Å². The number of hydrogen-bond donors (Lipinski definition) is 2. The highest BCUT2D eigenvalue weighted by Crippen LogP contribution is 2.34. The van der Waals surface area contributed by atoms with Crippen molar-refractivity contribution in [1.82, 2.24) is 24.5 Å². The molecule has 6 rings (SSSR count). The van der Waals surface area contributed by atoms with Crippen molar-refractivity contribution in [2.75, 3.05) is 25.0 Å². The number of ether oxygens (including phenoxy) is 1. The Balaban J connectivity index is 1.44. The number of fused-ring (bicyclic) bond motifs is 2. The highest BCUT2D eigenvalue weighted by Gasteiger charge is 2.31. The fourth-order valence-corrected chi connectivity index (χ4v) is 5.61. The van der Waals surface area contributed by atoms with Gasteiger partial charge in [-0.05, 0) is 66.9 Å². The third kappa shape index (κ3) is 5.16. The van der Waals surface area contributed by atoms with Gasteiger partial charge in [0.2, 0.25) is 11.7 Å². The van der Waals surface area contributed by atoms with Crippen LogP contribution in [0.2, 0.25) is 5.02 Å². The first-order valence-electron chi connectivity index (χ1n) is 13.5. The van der Waals surface area contributed by atoms with Crippen molar-refractivity contribution in [3.63, 3.8) is 0 Å². The molecule has 2 N–H and O–H groups in total. The van der Waals surface area contributed by atoms with Crippen molar-refractivity contribution < 1.29 is 22.7 Å². The summed E-state index contributed by atoms with van der Waals surface area (Å²) in [6, 6.07) is 8.33. The van der Waals surface area contributed by atoms with Crippen LogP contribution in [0.3, 0.4) is 0 Å². The molecule has 218 valence electrons. The molecule has 42 heavy (non-hydrogen) atoms. The summed E-state index contributed by atoms with van der Waals surface area (Å²) >= 11 is 6.08. The lowest BCUT2D eigenvalue weighted by Gasteiger charge is -2.21. The Morgan fingerprint density at radius 1 is 1.19 bits per heavy atom. The minimum absolute atomic E-state index is 0.0357. The SMILES string of the molecule is CCc1c(C2=CCNCC2)c(=O)n2nc(-c3ccc4c(c3)CCO4)nc2n1CC(=O)Nc1ccc(C(F)(F)F)cc1Cl. The predicted molar refractivity (Wildman–Crippen MR) is 152 cm³/mol. The molecule has 2 aromatic heterocycles. The molecule has 2 aromatic carbocycles. The van der Waals surface area contributed by atoms with E-state index in [1.54, 1.807) is 4.57 Å². The lowest BCUT2D eigenvalue weighted by atomic mass is 9.98. The molecule has 0 fully saturated rings. The van der Waals surface area contributed by atoms with Crippen LogP contribution < -0.4 is 20.9 Å². The molecule has 0 saturated heterocycles.